The molecule has 0 aliphatic rings. The van der Waals surface area contributed by atoms with Crippen LogP contribution in [0, 0.1) is 17.8 Å². The summed E-state index contributed by atoms with van der Waals surface area (Å²) in [4.78, 5) is 141. The van der Waals surface area contributed by atoms with E-state index in [2.05, 4.69) is 37.2 Å². The Morgan fingerprint density at radius 3 is 1.15 bits per heavy atom. The predicted octanol–water partition coefficient (Wildman–Crippen LogP) is -5.53. The Labute approximate surface area is 393 Å². The number of nitrogens with one attached hydrogen (secondary N) is 8. The van der Waals surface area contributed by atoms with Gasteiger partial charge in [0.05, 0.1) is 32.3 Å². The quantitative estimate of drug-likeness (QED) is 0.0267. The second-order valence-electron chi connectivity index (χ2n) is 17.2. The van der Waals surface area contributed by atoms with Gasteiger partial charge in [-0.15, -0.1) is 0 Å². The Morgan fingerprint density at radius 2 is 0.794 bits per heavy atom. The highest BCUT2D eigenvalue weighted by atomic mass is 16.4. The van der Waals surface area contributed by atoms with Crippen LogP contribution in [0.2, 0.25) is 0 Å². The molecule has 0 radical (unpaired) electrons. The van der Waals surface area contributed by atoms with E-state index in [-0.39, 0.29) is 24.7 Å². The molecule has 0 rings (SSSR count). The van der Waals surface area contributed by atoms with Crippen LogP contribution in [0.15, 0.2) is 0 Å². The highest BCUT2D eigenvalue weighted by Gasteiger charge is 2.36. The van der Waals surface area contributed by atoms with E-state index in [4.69, 9.17) is 11.5 Å². The largest absolute Gasteiger partial charge is 0.481 e. The van der Waals surface area contributed by atoms with E-state index in [1.807, 2.05) is 5.32 Å². The average molecular weight is 977 g/mol. The first-order valence-electron chi connectivity index (χ1n) is 22.1. The smallest absolute Gasteiger partial charge is 0.326 e. The van der Waals surface area contributed by atoms with Crippen LogP contribution >= 0.6 is 0 Å². The van der Waals surface area contributed by atoms with Crippen LogP contribution in [0.25, 0.3) is 0 Å². The molecular weight excluding hydrogens is 905 g/mol. The van der Waals surface area contributed by atoms with Crippen LogP contribution in [-0.4, -0.2) is 177 Å². The summed E-state index contributed by atoms with van der Waals surface area (Å²) in [5.41, 5.74) is 11.5. The molecule has 0 aliphatic carbocycles. The van der Waals surface area contributed by atoms with Crippen molar-refractivity contribution in [3.05, 3.63) is 0 Å². The maximum Gasteiger partial charge on any atom is 0.326 e. The fourth-order valence-corrected chi connectivity index (χ4v) is 6.23. The first-order chi connectivity index (χ1) is 31.7. The molecule has 27 heteroatoms. The average Bonchev–Trinajstić information content (AvgIpc) is 3.24. The summed E-state index contributed by atoms with van der Waals surface area (Å²) in [7, 11) is 0. The Hall–Kier alpha value is -6.03. The minimum atomic E-state index is -1.95. The first-order valence-corrected chi connectivity index (χ1v) is 22.1. The molecule has 0 fully saturated rings. The van der Waals surface area contributed by atoms with E-state index in [9.17, 15) is 83.4 Å². The number of carbonyl (C=O) groups excluding carboxylic acids is 8. The molecular formula is C41H72N10O17. The summed E-state index contributed by atoms with van der Waals surface area (Å²) in [6.07, 6.45) is -0.998. The molecule has 18 N–H and O–H groups in total. The number of carboxylic acid groups (broad SMARTS) is 3. The van der Waals surface area contributed by atoms with Crippen LogP contribution in [0.4, 0.5) is 0 Å². The van der Waals surface area contributed by atoms with Gasteiger partial charge in [-0.25, -0.2) is 4.79 Å². The van der Waals surface area contributed by atoms with Gasteiger partial charge in [0.2, 0.25) is 47.3 Å². The van der Waals surface area contributed by atoms with E-state index in [0.717, 1.165) is 0 Å². The first kappa shape index (κ1) is 62.0. The van der Waals surface area contributed by atoms with Gasteiger partial charge in [-0.2, -0.15) is 0 Å². The van der Waals surface area contributed by atoms with Crippen LogP contribution in [-0.2, 0) is 52.7 Å². The second-order valence-corrected chi connectivity index (χ2v) is 17.2. The zero-order chi connectivity index (χ0) is 52.4. The number of aliphatic carboxylic acids is 3. The topological polar surface area (TPSA) is 457 Å². The summed E-state index contributed by atoms with van der Waals surface area (Å²) < 4.78 is 0. The fraction of sp³-hybridized carbons (Fsp3) is 0.732. The molecule has 388 valence electrons. The molecule has 0 aromatic heterocycles. The van der Waals surface area contributed by atoms with Crippen LogP contribution in [0.5, 0.6) is 0 Å². The second kappa shape index (κ2) is 31.9. The lowest BCUT2D eigenvalue weighted by molar-refractivity contribution is -0.145. The third-order valence-electron chi connectivity index (χ3n) is 9.95. The highest BCUT2D eigenvalue weighted by molar-refractivity contribution is 5.98. The Bertz CT molecular complexity index is 1730. The van der Waals surface area contributed by atoms with Crippen LogP contribution in [0.1, 0.15) is 92.9 Å². The van der Waals surface area contributed by atoms with Crippen molar-refractivity contribution in [2.45, 2.75) is 147 Å². The normalized spacial score (nSPS) is 15.2. The lowest BCUT2D eigenvalue weighted by atomic mass is 10.0. The van der Waals surface area contributed by atoms with Gasteiger partial charge in [-0.3, -0.25) is 47.9 Å². The van der Waals surface area contributed by atoms with Gasteiger partial charge in [0, 0.05) is 6.42 Å². The van der Waals surface area contributed by atoms with Crippen LogP contribution in [0.3, 0.4) is 0 Å². The molecule has 0 aromatic carbocycles. The summed E-state index contributed by atoms with van der Waals surface area (Å²) >= 11 is 0. The van der Waals surface area contributed by atoms with Gasteiger partial charge in [0.25, 0.3) is 0 Å². The third-order valence-corrected chi connectivity index (χ3v) is 9.95. The Morgan fingerprint density at radius 1 is 0.441 bits per heavy atom. The monoisotopic (exact) mass is 977 g/mol. The van der Waals surface area contributed by atoms with Crippen molar-refractivity contribution in [3.63, 3.8) is 0 Å². The molecule has 0 spiro atoms. The number of hydrogen-bond acceptors (Lipinski definition) is 16. The molecule has 0 aromatic rings. The summed E-state index contributed by atoms with van der Waals surface area (Å²) in [5.74, 6) is -14.4. The summed E-state index contributed by atoms with van der Waals surface area (Å²) in [6.45, 7) is 6.85. The molecule has 0 aliphatic heterocycles. The van der Waals surface area contributed by atoms with Gasteiger partial charge in [-0.1, -0.05) is 48.0 Å². The Balaban J connectivity index is 6.23. The molecule has 0 saturated carbocycles. The van der Waals surface area contributed by atoms with Gasteiger partial charge in [0.1, 0.15) is 48.3 Å². The zero-order valence-corrected chi connectivity index (χ0v) is 39.2. The predicted molar refractivity (Wildman–Crippen MR) is 238 cm³/mol. The number of aliphatic hydroxyl groups is 3. The third kappa shape index (κ3) is 23.6. The van der Waals surface area contributed by atoms with Crippen LogP contribution < -0.4 is 54.0 Å². The Kier molecular flexibility index (Phi) is 29.0. The molecule has 0 heterocycles. The number of aliphatic hydroxyl groups excluding tert-OH is 3. The van der Waals surface area contributed by atoms with Crippen molar-refractivity contribution in [2.75, 3.05) is 26.4 Å². The van der Waals surface area contributed by atoms with Crippen molar-refractivity contribution in [1.29, 1.82) is 0 Å². The van der Waals surface area contributed by atoms with Gasteiger partial charge in [0.15, 0.2) is 0 Å². The van der Waals surface area contributed by atoms with E-state index in [1.54, 1.807) is 27.7 Å². The number of hydrogen-bond donors (Lipinski definition) is 16. The number of rotatable bonds is 34. The fourth-order valence-electron chi connectivity index (χ4n) is 6.23. The number of unbranched alkanes of at least 4 members (excludes halogenated alkanes) is 1. The number of carbonyl (C=O) groups is 11. The van der Waals surface area contributed by atoms with Gasteiger partial charge in [-0.05, 0) is 56.4 Å². The molecule has 0 bridgehead atoms. The molecule has 68 heavy (non-hydrogen) atoms. The maximum atomic E-state index is 13.7. The van der Waals surface area contributed by atoms with E-state index >= 15 is 0 Å². The number of amides is 8. The van der Waals surface area contributed by atoms with Crippen molar-refractivity contribution in [3.8, 4) is 0 Å². The number of carboxylic acids is 3. The highest BCUT2D eigenvalue weighted by Crippen LogP contribution is 2.10. The van der Waals surface area contributed by atoms with Crippen molar-refractivity contribution >= 4 is 65.2 Å². The van der Waals surface area contributed by atoms with E-state index in [0.29, 0.717) is 25.8 Å². The minimum Gasteiger partial charge on any atom is -0.481 e. The molecule has 27 nitrogen and oxygen atoms in total. The van der Waals surface area contributed by atoms with Crippen molar-refractivity contribution in [1.82, 2.24) is 42.5 Å². The number of nitrogens with two attached hydrogens (primary N) is 2. The lowest BCUT2D eigenvalue weighted by Crippen LogP contribution is -2.61. The standard InChI is InChI=1S/C41H72N10O17/c1-19(2)13-24(45-33(59)22(43)9-7-8-12-42)36(62)49-29(18-54)40(66)50-28(17-53)38(64)46-25(14-20(3)4)35(61)44-23(10-11-30(55)56)34(60)48-27(16-52)39(65)47-26(15-31(57)58)37(63)51-32(21(5)6)41(67)68/h19-29,32,52-54H,7-18,42-43H2,1-6H3,(H,44,61)(H,45,59)(H,46,64)(H,47,65)(H,48,60)(H,49,62)(H,50,66)(H,51,63)(H,55,56)(H,57,58)(H,67,68)/t22-,23-,24-,25-,26-,27-,28-,29-,32-/m0/s1. The van der Waals surface area contributed by atoms with Crippen molar-refractivity contribution in [2.24, 2.45) is 29.2 Å². The molecule has 9 atom stereocenters. The maximum absolute atomic E-state index is 13.7. The minimum absolute atomic E-state index is 0.107. The zero-order valence-electron chi connectivity index (χ0n) is 39.2. The van der Waals surface area contributed by atoms with Gasteiger partial charge < -0.3 is 84.6 Å². The lowest BCUT2D eigenvalue weighted by Gasteiger charge is -2.28. The molecule has 0 unspecified atom stereocenters. The van der Waals surface area contributed by atoms with E-state index < -0.39 is 165 Å². The summed E-state index contributed by atoms with van der Waals surface area (Å²) in [6, 6.07) is -14.3. The van der Waals surface area contributed by atoms with Crippen molar-refractivity contribution < 1.29 is 83.4 Å². The SMILES string of the molecule is CC(C)C[C@H](NC(=O)[C@H](CO)NC(=O)[C@H](CO)NC(=O)[C@H](CC(C)C)NC(=O)[C@@H](N)CCCCN)C(=O)N[C@@H](CCC(=O)O)C(=O)N[C@@H](CO)C(=O)N[C@@H](CC(=O)O)C(=O)N[C@H](C(=O)O)C(C)C. The van der Waals surface area contributed by atoms with Gasteiger partial charge >= 0.3 is 17.9 Å². The molecule has 8 amide bonds. The molecule has 0 saturated heterocycles. The van der Waals surface area contributed by atoms with E-state index in [1.165, 1.54) is 13.8 Å². The summed E-state index contributed by atoms with van der Waals surface area (Å²) in [5, 5.41) is 76.1.